The molecule has 7 nitrogen and oxygen atoms in total. The van der Waals surface area contributed by atoms with E-state index in [0.29, 0.717) is 59.1 Å². The Balaban J connectivity index is 1.21. The van der Waals surface area contributed by atoms with Crippen molar-refractivity contribution in [2.45, 2.75) is 6.61 Å². The van der Waals surface area contributed by atoms with Crippen molar-refractivity contribution < 1.29 is 28.5 Å². The van der Waals surface area contributed by atoms with E-state index in [9.17, 15) is 4.79 Å². The summed E-state index contributed by atoms with van der Waals surface area (Å²) in [5, 5.41) is 4.80. The first-order valence-corrected chi connectivity index (χ1v) is 9.93. The van der Waals surface area contributed by atoms with Crippen LogP contribution in [0, 0.1) is 0 Å². The van der Waals surface area contributed by atoms with E-state index < -0.39 is 0 Å². The summed E-state index contributed by atoms with van der Waals surface area (Å²) in [7, 11) is 0. The summed E-state index contributed by atoms with van der Waals surface area (Å²) in [5.41, 5.74) is 1.57. The number of benzene rings is 2. The second-order valence-electron chi connectivity index (χ2n) is 6.44. The summed E-state index contributed by atoms with van der Waals surface area (Å²) in [4.78, 5) is 13.2. The van der Waals surface area contributed by atoms with Gasteiger partial charge < -0.3 is 29.0 Å². The number of nitrogens with one attached hydrogen (secondary N) is 1. The summed E-state index contributed by atoms with van der Waals surface area (Å²) in [6.07, 6.45) is 0. The third-order valence-electron chi connectivity index (χ3n) is 4.43. The van der Waals surface area contributed by atoms with Crippen LogP contribution in [0.2, 0.25) is 0 Å². The SMILES string of the molecule is O=C(Nc1ccc2c(c1)OCCO2)c1cc(COc2ccc3c(c2)OCO3)cs1. The van der Waals surface area contributed by atoms with Crippen LogP contribution in [0.4, 0.5) is 5.69 Å². The minimum absolute atomic E-state index is 0.180. The van der Waals surface area contributed by atoms with Gasteiger partial charge >= 0.3 is 0 Å². The smallest absolute Gasteiger partial charge is 0.265 e. The number of ether oxygens (including phenoxy) is 5. The van der Waals surface area contributed by atoms with Crippen molar-refractivity contribution in [2.75, 3.05) is 25.3 Å². The zero-order valence-corrected chi connectivity index (χ0v) is 16.1. The molecule has 0 saturated carbocycles. The van der Waals surface area contributed by atoms with Crippen molar-refractivity contribution in [2.24, 2.45) is 0 Å². The lowest BCUT2D eigenvalue weighted by Gasteiger charge is -2.18. The first kappa shape index (κ1) is 17.7. The molecule has 0 fully saturated rings. The quantitative estimate of drug-likeness (QED) is 0.682. The summed E-state index contributed by atoms with van der Waals surface area (Å²) >= 11 is 1.37. The summed E-state index contributed by atoms with van der Waals surface area (Å²) in [6, 6.07) is 12.6. The molecule has 0 unspecified atom stereocenters. The number of fused-ring (bicyclic) bond motifs is 2. The fourth-order valence-corrected chi connectivity index (χ4v) is 3.81. The predicted molar refractivity (Wildman–Crippen MR) is 107 cm³/mol. The van der Waals surface area contributed by atoms with Crippen LogP contribution < -0.4 is 29.0 Å². The van der Waals surface area contributed by atoms with Gasteiger partial charge in [-0.2, -0.15) is 0 Å². The highest BCUT2D eigenvalue weighted by Gasteiger charge is 2.16. The average molecular weight is 411 g/mol. The Morgan fingerprint density at radius 3 is 2.62 bits per heavy atom. The van der Waals surface area contributed by atoms with Crippen LogP contribution >= 0.6 is 11.3 Å². The molecule has 8 heteroatoms. The van der Waals surface area contributed by atoms with Crippen LogP contribution in [0.3, 0.4) is 0 Å². The molecule has 29 heavy (non-hydrogen) atoms. The lowest BCUT2D eigenvalue weighted by Crippen LogP contribution is -2.16. The Hall–Kier alpha value is -3.39. The van der Waals surface area contributed by atoms with Crippen molar-refractivity contribution in [3.05, 3.63) is 58.3 Å². The third kappa shape index (κ3) is 3.79. The first-order valence-electron chi connectivity index (χ1n) is 9.05. The van der Waals surface area contributed by atoms with Gasteiger partial charge in [-0.25, -0.2) is 0 Å². The number of anilines is 1. The first-order chi connectivity index (χ1) is 14.2. The van der Waals surface area contributed by atoms with Crippen molar-refractivity contribution in [3.8, 4) is 28.7 Å². The molecule has 0 atom stereocenters. The van der Waals surface area contributed by atoms with Crippen molar-refractivity contribution in [3.63, 3.8) is 0 Å². The van der Waals surface area contributed by atoms with E-state index in [4.69, 9.17) is 23.7 Å². The van der Waals surface area contributed by atoms with Gasteiger partial charge in [0.15, 0.2) is 23.0 Å². The van der Waals surface area contributed by atoms with E-state index in [1.807, 2.05) is 23.6 Å². The molecule has 0 aliphatic carbocycles. The van der Waals surface area contributed by atoms with Crippen LogP contribution in [0.5, 0.6) is 28.7 Å². The van der Waals surface area contributed by atoms with Gasteiger partial charge in [-0.1, -0.05) is 0 Å². The number of thiophene rings is 1. The molecule has 3 heterocycles. The number of rotatable bonds is 5. The second-order valence-corrected chi connectivity index (χ2v) is 7.35. The summed E-state index contributed by atoms with van der Waals surface area (Å²) in [6.45, 7) is 1.62. The average Bonchev–Trinajstić information content (AvgIpc) is 3.41. The number of carbonyl (C=O) groups excluding carboxylic acids is 1. The lowest BCUT2D eigenvalue weighted by atomic mass is 10.2. The second kappa shape index (κ2) is 7.56. The Kier molecular flexibility index (Phi) is 4.61. The highest BCUT2D eigenvalue weighted by molar-refractivity contribution is 7.12. The molecule has 1 N–H and O–H groups in total. The van der Waals surface area contributed by atoms with E-state index in [2.05, 4.69) is 5.32 Å². The molecule has 0 bridgehead atoms. The van der Waals surface area contributed by atoms with Gasteiger partial charge in [-0.05, 0) is 35.7 Å². The van der Waals surface area contributed by atoms with Crippen molar-refractivity contribution in [1.29, 1.82) is 0 Å². The molecule has 2 aliphatic rings. The number of amides is 1. The van der Waals surface area contributed by atoms with E-state index in [1.54, 1.807) is 24.3 Å². The van der Waals surface area contributed by atoms with Crippen molar-refractivity contribution in [1.82, 2.24) is 0 Å². The van der Waals surface area contributed by atoms with E-state index >= 15 is 0 Å². The molecule has 0 spiro atoms. The maximum atomic E-state index is 12.6. The van der Waals surface area contributed by atoms with Gasteiger partial charge in [0.1, 0.15) is 25.6 Å². The predicted octanol–water partition coefficient (Wildman–Crippen LogP) is 4.08. The van der Waals surface area contributed by atoms with Gasteiger partial charge in [0.2, 0.25) is 6.79 Å². The number of carbonyl (C=O) groups is 1. The third-order valence-corrected chi connectivity index (χ3v) is 5.40. The van der Waals surface area contributed by atoms with Crippen LogP contribution in [0.1, 0.15) is 15.2 Å². The molecule has 1 amide bonds. The van der Waals surface area contributed by atoms with Gasteiger partial charge in [-0.15, -0.1) is 11.3 Å². The van der Waals surface area contributed by atoms with Gasteiger partial charge in [0, 0.05) is 23.4 Å². The van der Waals surface area contributed by atoms with Crippen LogP contribution in [0.25, 0.3) is 0 Å². The Morgan fingerprint density at radius 2 is 1.69 bits per heavy atom. The highest BCUT2D eigenvalue weighted by atomic mass is 32.1. The lowest BCUT2D eigenvalue weighted by molar-refractivity contribution is 0.103. The summed E-state index contributed by atoms with van der Waals surface area (Å²) in [5.74, 6) is 3.22. The number of hydrogen-bond acceptors (Lipinski definition) is 7. The minimum Gasteiger partial charge on any atom is -0.489 e. The molecule has 0 radical (unpaired) electrons. The molecule has 5 rings (SSSR count). The highest BCUT2D eigenvalue weighted by Crippen LogP contribution is 2.35. The Morgan fingerprint density at radius 1 is 0.931 bits per heavy atom. The Bertz CT molecular complexity index is 1060. The standard InChI is InChI=1S/C21H17NO6S/c23-21(22-14-1-3-16-18(8-14)25-6-5-24-16)20-7-13(11-29-20)10-26-15-2-4-17-19(9-15)28-12-27-17/h1-4,7-9,11H,5-6,10,12H2,(H,22,23). The van der Waals surface area contributed by atoms with E-state index in [-0.39, 0.29) is 12.7 Å². The van der Waals surface area contributed by atoms with Gasteiger partial charge in [0.05, 0.1) is 4.88 Å². The largest absolute Gasteiger partial charge is 0.489 e. The molecule has 0 saturated heterocycles. The molecular formula is C21H17NO6S. The van der Waals surface area contributed by atoms with Crippen LogP contribution in [0.15, 0.2) is 47.8 Å². The maximum Gasteiger partial charge on any atom is 0.265 e. The van der Waals surface area contributed by atoms with Gasteiger partial charge in [0.25, 0.3) is 5.91 Å². The normalized spacial score (nSPS) is 13.8. The fraction of sp³-hybridized carbons (Fsp3) is 0.190. The monoisotopic (exact) mass is 411 g/mol. The zero-order valence-electron chi connectivity index (χ0n) is 15.3. The maximum absolute atomic E-state index is 12.6. The molecule has 148 valence electrons. The van der Waals surface area contributed by atoms with Crippen molar-refractivity contribution >= 4 is 22.9 Å². The minimum atomic E-state index is -0.180. The molecule has 2 aliphatic heterocycles. The van der Waals surface area contributed by atoms with Gasteiger partial charge in [-0.3, -0.25) is 4.79 Å². The van der Waals surface area contributed by atoms with E-state index in [0.717, 1.165) is 5.56 Å². The van der Waals surface area contributed by atoms with Crippen LogP contribution in [-0.2, 0) is 6.61 Å². The summed E-state index contributed by atoms with van der Waals surface area (Å²) < 4.78 is 27.5. The number of hydrogen-bond donors (Lipinski definition) is 1. The fourth-order valence-electron chi connectivity index (χ4n) is 3.02. The molecule has 2 aromatic carbocycles. The Labute approximate surface area is 170 Å². The molecule has 3 aromatic rings. The van der Waals surface area contributed by atoms with Crippen LogP contribution in [-0.4, -0.2) is 25.9 Å². The molecular weight excluding hydrogens is 394 g/mol. The zero-order chi connectivity index (χ0) is 19.6. The molecule has 1 aromatic heterocycles. The van der Waals surface area contributed by atoms with E-state index in [1.165, 1.54) is 11.3 Å². The topological polar surface area (TPSA) is 75.3 Å².